The number of nitrogens with zero attached hydrogens (tertiary/aromatic N) is 1. The van der Waals surface area contributed by atoms with Gasteiger partial charge in [0.15, 0.2) is 6.10 Å². The minimum atomic E-state index is -4.58. The molecule has 1 heterocycles. The molecule has 0 aromatic rings. The SMILES string of the molecule is O=C(O)C1CN(C(=O)CC(F)(F)F)CCO1. The Morgan fingerprint density at radius 3 is 2.56 bits per heavy atom. The molecule has 1 amide bonds. The fourth-order valence-electron chi connectivity index (χ4n) is 1.31. The highest BCUT2D eigenvalue weighted by Gasteiger charge is 2.36. The largest absolute Gasteiger partial charge is 0.479 e. The van der Waals surface area contributed by atoms with Gasteiger partial charge in [-0.25, -0.2) is 4.79 Å². The minimum absolute atomic E-state index is 0.0152. The topological polar surface area (TPSA) is 66.8 Å². The number of carbonyl (C=O) groups excluding carboxylic acids is 1. The first-order valence-corrected chi connectivity index (χ1v) is 4.48. The summed E-state index contributed by atoms with van der Waals surface area (Å²) in [6, 6.07) is 0. The first-order chi connectivity index (χ1) is 7.29. The fraction of sp³-hybridized carbons (Fsp3) is 0.750. The highest BCUT2D eigenvalue weighted by atomic mass is 19.4. The third-order valence-corrected chi connectivity index (χ3v) is 2.05. The molecule has 0 aromatic carbocycles. The number of rotatable bonds is 2. The molecule has 1 rings (SSSR count). The molecule has 1 N–H and O–H groups in total. The quantitative estimate of drug-likeness (QED) is 0.752. The van der Waals surface area contributed by atoms with Crippen molar-refractivity contribution in [1.82, 2.24) is 4.90 Å². The van der Waals surface area contributed by atoms with Gasteiger partial charge in [-0.3, -0.25) is 4.79 Å². The predicted molar refractivity (Wildman–Crippen MR) is 44.6 cm³/mol. The Hall–Kier alpha value is -1.31. The molecule has 1 saturated heterocycles. The molecular formula is C8H10F3NO4. The maximum atomic E-state index is 11.9. The molecule has 92 valence electrons. The monoisotopic (exact) mass is 241 g/mol. The Kier molecular flexibility index (Phi) is 3.74. The van der Waals surface area contributed by atoms with E-state index in [-0.39, 0.29) is 19.7 Å². The average molecular weight is 241 g/mol. The summed E-state index contributed by atoms with van der Waals surface area (Å²) in [7, 11) is 0. The van der Waals surface area contributed by atoms with E-state index in [1.165, 1.54) is 0 Å². The van der Waals surface area contributed by atoms with Crippen LogP contribution in [0.25, 0.3) is 0 Å². The van der Waals surface area contributed by atoms with Gasteiger partial charge in [-0.15, -0.1) is 0 Å². The van der Waals surface area contributed by atoms with Crippen molar-refractivity contribution in [3.05, 3.63) is 0 Å². The van der Waals surface area contributed by atoms with Gasteiger partial charge in [-0.1, -0.05) is 0 Å². The van der Waals surface area contributed by atoms with E-state index in [9.17, 15) is 22.8 Å². The van der Waals surface area contributed by atoms with Gasteiger partial charge in [0, 0.05) is 6.54 Å². The zero-order chi connectivity index (χ0) is 12.3. The zero-order valence-electron chi connectivity index (χ0n) is 8.16. The summed E-state index contributed by atoms with van der Waals surface area (Å²) in [6.07, 6.45) is -7.39. The van der Waals surface area contributed by atoms with E-state index in [2.05, 4.69) is 0 Å². The molecule has 0 bridgehead atoms. The van der Waals surface area contributed by atoms with Gasteiger partial charge in [0.05, 0.1) is 13.2 Å². The number of amides is 1. The number of carboxylic acid groups (broad SMARTS) is 1. The van der Waals surface area contributed by atoms with Gasteiger partial charge in [0.1, 0.15) is 6.42 Å². The number of hydrogen-bond acceptors (Lipinski definition) is 3. The van der Waals surface area contributed by atoms with E-state index in [0.29, 0.717) is 0 Å². The lowest BCUT2D eigenvalue weighted by molar-refractivity contribution is -0.170. The van der Waals surface area contributed by atoms with Crippen LogP contribution in [0.1, 0.15) is 6.42 Å². The first-order valence-electron chi connectivity index (χ1n) is 4.48. The second-order valence-electron chi connectivity index (χ2n) is 3.33. The molecule has 1 unspecified atom stereocenters. The van der Waals surface area contributed by atoms with Crippen molar-refractivity contribution in [3.8, 4) is 0 Å². The second kappa shape index (κ2) is 4.69. The van der Waals surface area contributed by atoms with Gasteiger partial charge >= 0.3 is 12.1 Å². The standard InChI is InChI=1S/C8H10F3NO4/c9-8(10,11)3-6(13)12-1-2-16-5(4-12)7(14)15/h5H,1-4H2,(H,14,15). The lowest BCUT2D eigenvalue weighted by atomic mass is 10.2. The highest BCUT2D eigenvalue weighted by Crippen LogP contribution is 2.21. The van der Waals surface area contributed by atoms with Crippen molar-refractivity contribution >= 4 is 11.9 Å². The molecule has 5 nitrogen and oxygen atoms in total. The summed E-state index contributed by atoms with van der Waals surface area (Å²) < 4.78 is 40.5. The average Bonchev–Trinajstić information content (AvgIpc) is 2.15. The molecule has 0 aliphatic carbocycles. The van der Waals surface area contributed by atoms with E-state index >= 15 is 0 Å². The van der Waals surface area contributed by atoms with Crippen LogP contribution in [0.2, 0.25) is 0 Å². The van der Waals surface area contributed by atoms with Crippen molar-refractivity contribution in [2.75, 3.05) is 19.7 Å². The van der Waals surface area contributed by atoms with Crippen LogP contribution in [0.4, 0.5) is 13.2 Å². The number of hydrogen-bond donors (Lipinski definition) is 1. The molecule has 8 heteroatoms. The fourth-order valence-corrected chi connectivity index (χ4v) is 1.31. The third-order valence-electron chi connectivity index (χ3n) is 2.05. The van der Waals surface area contributed by atoms with Crippen LogP contribution in [-0.4, -0.2) is 53.9 Å². The Balaban J connectivity index is 2.54. The summed E-state index contributed by atoms with van der Waals surface area (Å²) >= 11 is 0. The second-order valence-corrected chi connectivity index (χ2v) is 3.33. The molecule has 0 saturated carbocycles. The van der Waals surface area contributed by atoms with Crippen molar-refractivity contribution in [2.45, 2.75) is 18.7 Å². The summed E-state index contributed by atoms with van der Waals surface area (Å²) in [6.45, 7) is -0.427. The van der Waals surface area contributed by atoms with Crippen molar-refractivity contribution in [1.29, 1.82) is 0 Å². The summed E-state index contributed by atoms with van der Waals surface area (Å²) in [5, 5.41) is 8.59. The first kappa shape index (κ1) is 12.8. The van der Waals surface area contributed by atoms with Crippen LogP contribution in [0.5, 0.6) is 0 Å². The Morgan fingerprint density at radius 2 is 2.06 bits per heavy atom. The molecule has 1 aliphatic heterocycles. The van der Waals surface area contributed by atoms with Gasteiger partial charge in [0.25, 0.3) is 0 Å². The van der Waals surface area contributed by atoms with Crippen LogP contribution in [0.3, 0.4) is 0 Å². The van der Waals surface area contributed by atoms with E-state index in [0.717, 1.165) is 4.90 Å². The van der Waals surface area contributed by atoms with Crippen molar-refractivity contribution in [2.24, 2.45) is 0 Å². The van der Waals surface area contributed by atoms with Gasteiger partial charge in [-0.05, 0) is 0 Å². The maximum Gasteiger partial charge on any atom is 0.397 e. The number of halogens is 3. The number of morpholine rings is 1. The number of ether oxygens (including phenoxy) is 1. The molecule has 16 heavy (non-hydrogen) atoms. The van der Waals surface area contributed by atoms with Crippen LogP contribution < -0.4 is 0 Å². The van der Waals surface area contributed by atoms with Crippen molar-refractivity contribution < 1.29 is 32.6 Å². The van der Waals surface area contributed by atoms with Crippen LogP contribution in [0.15, 0.2) is 0 Å². The minimum Gasteiger partial charge on any atom is -0.479 e. The normalized spacial score (nSPS) is 21.9. The van der Waals surface area contributed by atoms with E-state index in [1.807, 2.05) is 0 Å². The smallest absolute Gasteiger partial charge is 0.397 e. The number of aliphatic carboxylic acids is 1. The summed E-state index contributed by atoms with van der Waals surface area (Å²) in [5.41, 5.74) is 0. The van der Waals surface area contributed by atoms with Gasteiger partial charge in [0.2, 0.25) is 5.91 Å². The van der Waals surface area contributed by atoms with E-state index in [1.54, 1.807) is 0 Å². The van der Waals surface area contributed by atoms with Crippen LogP contribution in [-0.2, 0) is 14.3 Å². The van der Waals surface area contributed by atoms with E-state index < -0.39 is 30.6 Å². The summed E-state index contributed by atoms with van der Waals surface area (Å²) in [5.74, 6) is -2.41. The van der Waals surface area contributed by atoms with Crippen molar-refractivity contribution in [3.63, 3.8) is 0 Å². The Bertz CT molecular complexity index is 291. The third kappa shape index (κ3) is 3.69. The molecular weight excluding hydrogens is 231 g/mol. The molecule has 0 spiro atoms. The van der Waals surface area contributed by atoms with Gasteiger partial charge in [-0.2, -0.15) is 13.2 Å². The highest BCUT2D eigenvalue weighted by molar-refractivity contribution is 5.79. The molecule has 0 aromatic heterocycles. The van der Waals surface area contributed by atoms with Gasteiger partial charge < -0.3 is 14.7 Å². The molecule has 1 aliphatic rings. The lowest BCUT2D eigenvalue weighted by Gasteiger charge is -2.31. The van der Waals surface area contributed by atoms with Crippen LogP contribution in [0, 0.1) is 0 Å². The molecule has 1 fully saturated rings. The van der Waals surface area contributed by atoms with E-state index in [4.69, 9.17) is 9.84 Å². The Morgan fingerprint density at radius 1 is 1.44 bits per heavy atom. The molecule has 0 radical (unpaired) electrons. The molecule has 1 atom stereocenters. The number of carbonyl (C=O) groups is 2. The summed E-state index contributed by atoms with van der Waals surface area (Å²) in [4.78, 5) is 22.5. The zero-order valence-corrected chi connectivity index (χ0v) is 8.16. The predicted octanol–water partition coefficient (Wildman–Crippen LogP) is 0.251. The number of alkyl halides is 3. The Labute approximate surface area is 88.8 Å². The van der Waals surface area contributed by atoms with Crippen LogP contribution >= 0.6 is 0 Å². The lowest BCUT2D eigenvalue weighted by Crippen LogP contribution is -2.49. The maximum absolute atomic E-state index is 11.9. The number of carboxylic acids is 1.